The summed E-state index contributed by atoms with van der Waals surface area (Å²) in [5.74, 6) is -0.239. The van der Waals surface area contributed by atoms with Gasteiger partial charge in [0.1, 0.15) is 0 Å². The number of hydrogen-bond donors (Lipinski definition) is 2. The average molecular weight is 448 g/mol. The molecule has 8 nitrogen and oxygen atoms in total. The van der Waals surface area contributed by atoms with Gasteiger partial charge in [0.2, 0.25) is 15.9 Å². The van der Waals surface area contributed by atoms with E-state index in [0.717, 1.165) is 6.42 Å². The lowest BCUT2D eigenvalue weighted by Crippen LogP contribution is -2.33. The Morgan fingerprint density at radius 1 is 1.20 bits per heavy atom. The van der Waals surface area contributed by atoms with Gasteiger partial charge in [-0.1, -0.05) is 6.58 Å². The first-order valence-corrected chi connectivity index (χ1v) is 11.8. The Labute approximate surface area is 178 Å². The van der Waals surface area contributed by atoms with Crippen LogP contribution in [0.15, 0.2) is 64.6 Å². The second-order valence-corrected chi connectivity index (χ2v) is 10.5. The predicted molar refractivity (Wildman–Crippen MR) is 113 cm³/mol. The third-order valence-electron chi connectivity index (χ3n) is 5.19. The minimum absolute atomic E-state index is 0.00703. The average Bonchev–Trinajstić information content (AvgIpc) is 3.45. The Hall–Kier alpha value is -2.56. The van der Waals surface area contributed by atoms with E-state index < -0.39 is 15.9 Å². The maximum absolute atomic E-state index is 13.0. The molecule has 1 aromatic carbocycles. The van der Waals surface area contributed by atoms with E-state index in [1.807, 2.05) is 0 Å². The Balaban J connectivity index is 1.38. The lowest BCUT2D eigenvalue weighted by Gasteiger charge is -2.19. The smallest absolute Gasteiger partial charge is 0.291 e. The fourth-order valence-corrected chi connectivity index (χ4v) is 6.96. The monoisotopic (exact) mass is 447 g/mol. The summed E-state index contributed by atoms with van der Waals surface area (Å²) >= 11 is 1.61. The van der Waals surface area contributed by atoms with Crippen molar-refractivity contribution in [2.75, 3.05) is 18.4 Å². The molecule has 30 heavy (non-hydrogen) atoms. The maximum Gasteiger partial charge on any atom is 0.291 e. The summed E-state index contributed by atoms with van der Waals surface area (Å²) in [6, 6.07) is 9.25. The molecule has 2 N–H and O–H groups in total. The second-order valence-electron chi connectivity index (χ2n) is 7.15. The lowest BCUT2D eigenvalue weighted by atomic mass is 10.1. The molecule has 0 aliphatic carbocycles. The Bertz CT molecular complexity index is 1040. The number of benzene rings is 1. The summed E-state index contributed by atoms with van der Waals surface area (Å²) in [4.78, 5) is 23.7. The van der Waals surface area contributed by atoms with Crippen molar-refractivity contribution in [2.45, 2.75) is 21.9 Å². The number of fused-ring (bicyclic) bond motifs is 1. The normalized spacial score (nSPS) is 23.7. The van der Waals surface area contributed by atoms with Gasteiger partial charge in [0.05, 0.1) is 16.5 Å². The van der Waals surface area contributed by atoms with Gasteiger partial charge in [-0.05, 0) is 54.8 Å². The van der Waals surface area contributed by atoms with Gasteiger partial charge in [-0.25, -0.2) is 8.42 Å². The van der Waals surface area contributed by atoms with E-state index in [0.29, 0.717) is 18.8 Å². The van der Waals surface area contributed by atoms with Crippen molar-refractivity contribution in [3.8, 4) is 0 Å². The molecule has 0 radical (unpaired) electrons. The number of furan rings is 1. The van der Waals surface area contributed by atoms with Gasteiger partial charge in [-0.2, -0.15) is 4.31 Å². The number of sulfonamides is 1. The SMILES string of the molecule is C=CC(=O)NC1CC2CN(S(=O)(=O)c3ccc(NC(=O)c4ccco4)cc3)CC2S1. The summed E-state index contributed by atoms with van der Waals surface area (Å²) in [7, 11) is -3.63. The topological polar surface area (TPSA) is 109 Å². The van der Waals surface area contributed by atoms with E-state index in [1.54, 1.807) is 36.0 Å². The molecule has 2 aromatic rings. The molecule has 3 unspecified atom stereocenters. The number of carbonyl (C=O) groups excluding carboxylic acids is 2. The molecule has 3 heterocycles. The Morgan fingerprint density at radius 3 is 2.60 bits per heavy atom. The van der Waals surface area contributed by atoms with Crippen LogP contribution in [0.1, 0.15) is 17.0 Å². The van der Waals surface area contributed by atoms with E-state index in [4.69, 9.17) is 4.42 Å². The van der Waals surface area contributed by atoms with Crippen molar-refractivity contribution in [1.29, 1.82) is 0 Å². The van der Waals surface area contributed by atoms with Gasteiger partial charge in [0.15, 0.2) is 5.76 Å². The van der Waals surface area contributed by atoms with E-state index in [9.17, 15) is 18.0 Å². The number of nitrogens with zero attached hydrogens (tertiary/aromatic N) is 1. The number of thioether (sulfide) groups is 1. The molecule has 0 saturated carbocycles. The van der Waals surface area contributed by atoms with Crippen molar-refractivity contribution in [3.05, 3.63) is 61.1 Å². The molecule has 2 aliphatic heterocycles. The van der Waals surface area contributed by atoms with E-state index in [-0.39, 0.29) is 33.1 Å². The van der Waals surface area contributed by atoms with Crippen LogP contribution in [-0.4, -0.2) is 48.3 Å². The summed E-state index contributed by atoms with van der Waals surface area (Å²) in [5.41, 5.74) is 0.477. The summed E-state index contributed by atoms with van der Waals surface area (Å²) in [6.07, 6.45) is 3.38. The van der Waals surface area contributed by atoms with Crippen LogP contribution in [0.4, 0.5) is 5.69 Å². The van der Waals surface area contributed by atoms with Crippen LogP contribution >= 0.6 is 11.8 Å². The third-order valence-corrected chi connectivity index (χ3v) is 8.56. The summed E-state index contributed by atoms with van der Waals surface area (Å²) in [5, 5.41) is 5.68. The fourth-order valence-electron chi connectivity index (χ4n) is 3.69. The van der Waals surface area contributed by atoms with Crippen LogP contribution in [-0.2, 0) is 14.8 Å². The molecular weight excluding hydrogens is 426 g/mol. The summed E-state index contributed by atoms with van der Waals surface area (Å²) in [6.45, 7) is 4.29. The second kappa shape index (κ2) is 8.29. The minimum atomic E-state index is -3.63. The molecule has 0 bridgehead atoms. The van der Waals surface area contributed by atoms with Gasteiger partial charge in [-0.15, -0.1) is 11.8 Å². The van der Waals surface area contributed by atoms with Crippen LogP contribution in [0.5, 0.6) is 0 Å². The highest BCUT2D eigenvalue weighted by molar-refractivity contribution is 8.00. The van der Waals surface area contributed by atoms with Crippen molar-refractivity contribution < 1.29 is 22.4 Å². The van der Waals surface area contributed by atoms with Crippen molar-refractivity contribution in [3.63, 3.8) is 0 Å². The Kier molecular flexibility index (Phi) is 5.72. The first-order valence-electron chi connectivity index (χ1n) is 9.40. The van der Waals surface area contributed by atoms with E-state index >= 15 is 0 Å². The largest absolute Gasteiger partial charge is 0.459 e. The highest BCUT2D eigenvalue weighted by Crippen LogP contribution is 2.43. The van der Waals surface area contributed by atoms with Crippen molar-refractivity contribution >= 4 is 39.3 Å². The number of hydrogen-bond acceptors (Lipinski definition) is 6. The summed E-state index contributed by atoms with van der Waals surface area (Å²) < 4.78 is 32.6. The molecule has 1 aromatic heterocycles. The standard InChI is InChI=1S/C20H21N3O5S2/c1-2-18(24)22-19-10-13-11-23(12-17(13)29-19)30(26,27)15-7-5-14(6-8-15)21-20(25)16-4-3-9-28-16/h2-9,13,17,19H,1,10-12H2,(H,21,25)(H,22,24). The first kappa shape index (κ1) is 20.7. The van der Waals surface area contributed by atoms with Gasteiger partial charge in [0, 0.05) is 24.0 Å². The number of rotatable bonds is 6. The maximum atomic E-state index is 13.0. The number of carbonyl (C=O) groups is 2. The zero-order valence-corrected chi connectivity index (χ0v) is 17.6. The van der Waals surface area contributed by atoms with Gasteiger partial charge in [0.25, 0.3) is 5.91 Å². The van der Waals surface area contributed by atoms with Crippen molar-refractivity contribution in [2.24, 2.45) is 5.92 Å². The molecule has 4 rings (SSSR count). The van der Waals surface area contributed by atoms with Crippen LogP contribution in [0.25, 0.3) is 0 Å². The zero-order valence-electron chi connectivity index (χ0n) is 16.0. The fraction of sp³-hybridized carbons (Fsp3) is 0.300. The highest BCUT2D eigenvalue weighted by atomic mass is 32.2. The van der Waals surface area contributed by atoms with Crippen molar-refractivity contribution in [1.82, 2.24) is 9.62 Å². The molecule has 158 valence electrons. The number of anilines is 1. The van der Waals surface area contributed by atoms with Gasteiger partial charge in [-0.3, -0.25) is 9.59 Å². The van der Waals surface area contributed by atoms with Gasteiger partial charge < -0.3 is 15.1 Å². The molecule has 2 saturated heterocycles. The molecule has 2 amide bonds. The van der Waals surface area contributed by atoms with Crippen LogP contribution < -0.4 is 10.6 Å². The number of amides is 2. The Morgan fingerprint density at radius 2 is 1.97 bits per heavy atom. The van der Waals surface area contributed by atoms with E-state index in [1.165, 1.54) is 28.8 Å². The third kappa shape index (κ3) is 4.16. The molecular formula is C20H21N3O5S2. The molecule has 0 spiro atoms. The van der Waals surface area contributed by atoms with Crippen LogP contribution in [0, 0.1) is 5.92 Å². The molecule has 2 aliphatic rings. The predicted octanol–water partition coefficient (Wildman–Crippen LogP) is 2.29. The van der Waals surface area contributed by atoms with Crippen LogP contribution in [0.2, 0.25) is 0 Å². The van der Waals surface area contributed by atoms with Gasteiger partial charge >= 0.3 is 0 Å². The lowest BCUT2D eigenvalue weighted by molar-refractivity contribution is -0.116. The quantitative estimate of drug-likeness (QED) is 0.658. The minimum Gasteiger partial charge on any atom is -0.459 e. The highest BCUT2D eigenvalue weighted by Gasteiger charge is 2.45. The zero-order chi connectivity index (χ0) is 21.3. The van der Waals surface area contributed by atoms with Crippen LogP contribution in [0.3, 0.4) is 0 Å². The molecule has 2 fully saturated rings. The molecule has 3 atom stereocenters. The molecule has 10 heteroatoms. The number of nitrogens with one attached hydrogen (secondary N) is 2. The first-order chi connectivity index (χ1) is 14.4. The van der Waals surface area contributed by atoms with E-state index in [2.05, 4.69) is 17.2 Å².